The average Bonchev–Trinajstić information content (AvgIpc) is 3.14. The molecule has 6 heteroatoms. The molecule has 0 saturated heterocycles. The van der Waals surface area contributed by atoms with Gasteiger partial charge >= 0.3 is 11.9 Å². The SMILES string of the molecule is CCCCCCCC(CCC)C(=O)OCCCCCCC(O)(CCCCCCOC(=O)C(CCC)CCCCCCC)CCCCN(CCC)CCC. The molecule has 0 bridgehead atoms. The predicted molar refractivity (Wildman–Crippen MR) is 227 cm³/mol. The summed E-state index contributed by atoms with van der Waals surface area (Å²) in [5, 5.41) is 11.8. The minimum atomic E-state index is -0.603. The van der Waals surface area contributed by atoms with Crippen molar-refractivity contribution in [1.82, 2.24) is 4.90 Å². The first-order chi connectivity index (χ1) is 25.8. The number of nitrogens with zero attached hydrogens (tertiary/aromatic N) is 1. The number of rotatable bonds is 41. The zero-order chi connectivity index (χ0) is 39.3. The van der Waals surface area contributed by atoms with Crippen LogP contribution in [0.5, 0.6) is 0 Å². The van der Waals surface area contributed by atoms with Crippen LogP contribution >= 0.6 is 0 Å². The van der Waals surface area contributed by atoms with E-state index in [1.54, 1.807) is 0 Å². The molecule has 0 radical (unpaired) electrons. The summed E-state index contributed by atoms with van der Waals surface area (Å²) in [4.78, 5) is 28.1. The van der Waals surface area contributed by atoms with Gasteiger partial charge in [-0.1, -0.05) is 157 Å². The van der Waals surface area contributed by atoms with Gasteiger partial charge < -0.3 is 19.5 Å². The molecule has 0 aliphatic rings. The van der Waals surface area contributed by atoms with E-state index in [0.29, 0.717) is 13.2 Å². The van der Waals surface area contributed by atoms with Crippen molar-refractivity contribution in [2.75, 3.05) is 32.8 Å². The van der Waals surface area contributed by atoms with E-state index in [1.165, 1.54) is 77.3 Å². The Labute approximate surface area is 331 Å². The van der Waals surface area contributed by atoms with Gasteiger partial charge in [-0.15, -0.1) is 0 Å². The molecule has 1 N–H and O–H groups in total. The van der Waals surface area contributed by atoms with Crippen molar-refractivity contribution in [1.29, 1.82) is 0 Å². The van der Waals surface area contributed by atoms with Crippen molar-refractivity contribution in [3.05, 3.63) is 0 Å². The van der Waals surface area contributed by atoms with Gasteiger partial charge in [0.25, 0.3) is 0 Å². The third-order valence-corrected chi connectivity index (χ3v) is 11.3. The normalized spacial score (nSPS) is 14.0. The average molecular weight is 752 g/mol. The van der Waals surface area contributed by atoms with Crippen LogP contribution in [-0.2, 0) is 19.1 Å². The third-order valence-electron chi connectivity index (χ3n) is 11.3. The summed E-state index contributed by atoms with van der Waals surface area (Å²) in [6, 6.07) is 0. The smallest absolute Gasteiger partial charge is 0.308 e. The van der Waals surface area contributed by atoms with Crippen molar-refractivity contribution < 1.29 is 24.2 Å². The van der Waals surface area contributed by atoms with Crippen molar-refractivity contribution >= 4 is 11.9 Å². The molecule has 0 fully saturated rings. The molecular weight excluding hydrogens is 659 g/mol. The van der Waals surface area contributed by atoms with Gasteiger partial charge in [-0.25, -0.2) is 0 Å². The van der Waals surface area contributed by atoms with Crippen LogP contribution in [0, 0.1) is 11.8 Å². The molecule has 0 rings (SSSR count). The molecule has 0 aliphatic carbocycles. The van der Waals surface area contributed by atoms with Crippen molar-refractivity contribution in [3.8, 4) is 0 Å². The largest absolute Gasteiger partial charge is 0.465 e. The maximum absolute atomic E-state index is 12.8. The highest BCUT2D eigenvalue weighted by molar-refractivity contribution is 5.72. The molecule has 53 heavy (non-hydrogen) atoms. The van der Waals surface area contributed by atoms with Crippen LogP contribution in [0.4, 0.5) is 0 Å². The first kappa shape index (κ1) is 51.9. The minimum absolute atomic E-state index is 0.0140. The van der Waals surface area contributed by atoms with Crippen LogP contribution in [0.15, 0.2) is 0 Å². The quantitative estimate of drug-likeness (QED) is 0.0495. The molecule has 0 aromatic carbocycles. The van der Waals surface area contributed by atoms with E-state index in [2.05, 4.69) is 46.4 Å². The van der Waals surface area contributed by atoms with Crippen molar-refractivity contribution in [3.63, 3.8) is 0 Å². The number of hydrogen-bond donors (Lipinski definition) is 1. The van der Waals surface area contributed by atoms with Gasteiger partial charge in [0.15, 0.2) is 0 Å². The van der Waals surface area contributed by atoms with Crippen molar-refractivity contribution in [2.45, 2.75) is 246 Å². The summed E-state index contributed by atoms with van der Waals surface area (Å²) in [6.45, 7) is 17.8. The van der Waals surface area contributed by atoms with Gasteiger partial charge in [0.2, 0.25) is 0 Å². The molecule has 0 aromatic heterocycles. The Kier molecular flexibility index (Phi) is 37.0. The van der Waals surface area contributed by atoms with E-state index in [1.807, 2.05) is 0 Å². The van der Waals surface area contributed by atoms with E-state index in [9.17, 15) is 14.7 Å². The number of carbonyl (C=O) groups excluding carboxylic acids is 2. The molecule has 2 atom stereocenters. The van der Waals surface area contributed by atoms with Crippen LogP contribution in [0.1, 0.15) is 241 Å². The molecule has 0 saturated carbocycles. The lowest BCUT2D eigenvalue weighted by Gasteiger charge is -2.29. The minimum Gasteiger partial charge on any atom is -0.465 e. The maximum Gasteiger partial charge on any atom is 0.308 e. The number of aliphatic hydroxyl groups is 1. The summed E-state index contributed by atoms with van der Waals surface area (Å²) in [5.74, 6) is 0.159. The van der Waals surface area contributed by atoms with Gasteiger partial charge in [0, 0.05) is 0 Å². The lowest BCUT2D eigenvalue weighted by atomic mass is 9.85. The monoisotopic (exact) mass is 752 g/mol. The van der Waals surface area contributed by atoms with Crippen LogP contribution in [0.3, 0.4) is 0 Å². The lowest BCUT2D eigenvalue weighted by molar-refractivity contribution is -0.150. The molecule has 0 spiro atoms. The Morgan fingerprint density at radius 1 is 0.434 bits per heavy atom. The van der Waals surface area contributed by atoms with E-state index in [4.69, 9.17) is 9.47 Å². The van der Waals surface area contributed by atoms with Crippen LogP contribution in [0.2, 0.25) is 0 Å². The van der Waals surface area contributed by atoms with Gasteiger partial charge in [-0.3, -0.25) is 9.59 Å². The molecule has 0 aliphatic heterocycles. The summed E-state index contributed by atoms with van der Waals surface area (Å²) in [6.07, 6.45) is 33.5. The predicted octanol–water partition coefficient (Wildman–Crippen LogP) is 13.6. The fourth-order valence-electron chi connectivity index (χ4n) is 7.98. The Bertz CT molecular complexity index is 748. The van der Waals surface area contributed by atoms with Crippen molar-refractivity contribution in [2.24, 2.45) is 11.8 Å². The molecular formula is C47H93NO5. The zero-order valence-electron chi connectivity index (χ0n) is 36.6. The topological polar surface area (TPSA) is 76.1 Å². The summed E-state index contributed by atoms with van der Waals surface area (Å²) in [5.41, 5.74) is -0.603. The Balaban J connectivity index is 4.66. The number of carbonyl (C=O) groups is 2. The Hall–Kier alpha value is -1.14. The van der Waals surface area contributed by atoms with Crippen LogP contribution < -0.4 is 0 Å². The third kappa shape index (κ3) is 30.7. The Morgan fingerprint density at radius 2 is 0.811 bits per heavy atom. The summed E-state index contributed by atoms with van der Waals surface area (Å²) < 4.78 is 11.5. The fraction of sp³-hybridized carbons (Fsp3) is 0.957. The number of ether oxygens (including phenoxy) is 2. The number of esters is 2. The van der Waals surface area contributed by atoms with E-state index >= 15 is 0 Å². The van der Waals surface area contributed by atoms with Gasteiger partial charge in [0.1, 0.15) is 0 Å². The lowest BCUT2D eigenvalue weighted by Crippen LogP contribution is -2.30. The molecule has 0 aromatic rings. The van der Waals surface area contributed by atoms with E-state index < -0.39 is 5.60 Å². The Morgan fingerprint density at radius 3 is 1.21 bits per heavy atom. The molecule has 2 unspecified atom stereocenters. The highest BCUT2D eigenvalue weighted by Crippen LogP contribution is 2.29. The first-order valence-electron chi connectivity index (χ1n) is 23.6. The molecule has 6 nitrogen and oxygen atoms in total. The van der Waals surface area contributed by atoms with E-state index in [-0.39, 0.29) is 23.8 Å². The number of unbranched alkanes of at least 4 members (excludes halogenated alkanes) is 15. The zero-order valence-corrected chi connectivity index (χ0v) is 36.6. The van der Waals surface area contributed by atoms with Gasteiger partial charge in [-0.05, 0) is 103 Å². The highest BCUT2D eigenvalue weighted by atomic mass is 16.5. The molecule has 316 valence electrons. The van der Waals surface area contributed by atoms with Gasteiger partial charge in [0.05, 0.1) is 30.7 Å². The summed E-state index contributed by atoms with van der Waals surface area (Å²) >= 11 is 0. The highest BCUT2D eigenvalue weighted by Gasteiger charge is 2.26. The standard InChI is InChI=1S/C47H93NO5/c1-7-13-15-17-23-33-43(31-9-3)45(49)52-41-29-21-19-25-35-47(51,37-27-28-40-48(38-11-5)39-12-6)36-26-20-22-30-42-53-46(50)44(32-10-4)34-24-18-16-14-8-2/h43-44,51H,7-42H2,1-6H3. The second kappa shape index (κ2) is 37.8. The van der Waals surface area contributed by atoms with Crippen LogP contribution in [0.25, 0.3) is 0 Å². The molecule has 0 heterocycles. The van der Waals surface area contributed by atoms with Gasteiger partial charge in [-0.2, -0.15) is 0 Å². The maximum atomic E-state index is 12.8. The second-order valence-electron chi connectivity index (χ2n) is 16.6. The molecule has 0 amide bonds. The van der Waals surface area contributed by atoms with E-state index in [0.717, 1.165) is 141 Å². The fourth-order valence-corrected chi connectivity index (χ4v) is 7.98. The second-order valence-corrected chi connectivity index (χ2v) is 16.6. The summed E-state index contributed by atoms with van der Waals surface area (Å²) in [7, 11) is 0. The first-order valence-corrected chi connectivity index (χ1v) is 23.6. The van der Waals surface area contributed by atoms with Crippen LogP contribution in [-0.4, -0.2) is 60.4 Å². The number of hydrogen-bond acceptors (Lipinski definition) is 6.